The summed E-state index contributed by atoms with van der Waals surface area (Å²) in [4.78, 5) is 13.0. The number of ether oxygens (including phenoxy) is 2. The van der Waals surface area contributed by atoms with Crippen LogP contribution in [0.25, 0.3) is 0 Å². The van der Waals surface area contributed by atoms with Gasteiger partial charge in [0.1, 0.15) is 11.9 Å². The standard InChI is InChI=1S/C22H37NO4S/c1-7-15-14-27-19(13-17(15)21(3,4)18(24)8-2)23-20(25)22(5,6)28-16-9-11-26-12-10-16/h13,16,18,24H,7-12,14H2,1-6H3,(H,23,25)/p+1/t18-/m0/s1. The zero-order valence-electron chi connectivity index (χ0n) is 18.3. The first-order valence-corrected chi connectivity index (χ1v) is 11.4. The molecule has 0 aromatic heterocycles. The van der Waals surface area contributed by atoms with Crippen LogP contribution in [0, 0.1) is 5.41 Å². The van der Waals surface area contributed by atoms with E-state index in [0.29, 0.717) is 24.2 Å². The Morgan fingerprint density at radius 3 is 2.50 bits per heavy atom. The lowest BCUT2D eigenvalue weighted by Gasteiger charge is -2.36. The molecule has 2 N–H and O–H groups in total. The highest BCUT2D eigenvalue weighted by Crippen LogP contribution is 2.38. The minimum absolute atomic E-state index is 0.0277. The number of thiol groups is 1. The fraction of sp³-hybridized carbons (Fsp3) is 0.773. The number of aliphatic hydroxyl groups excluding tert-OH is 1. The molecule has 28 heavy (non-hydrogen) atoms. The number of hydrogen-bond acceptors (Lipinski definition) is 4. The van der Waals surface area contributed by atoms with Crippen molar-refractivity contribution < 1.29 is 19.4 Å². The van der Waals surface area contributed by atoms with Gasteiger partial charge in [0.2, 0.25) is 0 Å². The molecule has 2 rings (SSSR count). The Morgan fingerprint density at radius 1 is 1.29 bits per heavy atom. The third-order valence-electron chi connectivity index (χ3n) is 5.89. The van der Waals surface area contributed by atoms with Crippen molar-refractivity contribution in [2.24, 2.45) is 5.41 Å². The normalized spacial score (nSPS) is 20.5. The Morgan fingerprint density at radius 2 is 1.93 bits per heavy atom. The van der Waals surface area contributed by atoms with Gasteiger partial charge in [0.05, 0.1) is 19.3 Å². The quantitative estimate of drug-likeness (QED) is 0.474. The molecule has 0 unspecified atom stereocenters. The van der Waals surface area contributed by atoms with Crippen molar-refractivity contribution in [1.29, 1.82) is 0 Å². The summed E-state index contributed by atoms with van der Waals surface area (Å²) in [7, 11) is 0. The molecule has 5 nitrogen and oxygen atoms in total. The van der Waals surface area contributed by atoms with Crippen LogP contribution in [0.15, 0.2) is 23.1 Å². The molecule has 0 aliphatic carbocycles. The molecular formula is C22H38NO4S+. The SMILES string of the molecule is CCC1=C(C(C)(C)[C@@H](O)CC)C=C(NC(=O)C(C)(C)[SH+]C2CCOCC2)OC1. The summed E-state index contributed by atoms with van der Waals surface area (Å²) in [5.41, 5.74) is 1.86. The molecule has 1 fully saturated rings. The van der Waals surface area contributed by atoms with Gasteiger partial charge in [-0.05, 0) is 49.6 Å². The van der Waals surface area contributed by atoms with Crippen LogP contribution < -0.4 is 5.32 Å². The second-order valence-corrected chi connectivity index (χ2v) is 10.9. The number of carbonyl (C=O) groups excluding carboxylic acids is 1. The van der Waals surface area contributed by atoms with E-state index in [0.717, 1.165) is 49.8 Å². The lowest BCUT2D eigenvalue weighted by molar-refractivity contribution is -0.122. The largest absolute Gasteiger partial charge is 0.474 e. The van der Waals surface area contributed by atoms with E-state index in [4.69, 9.17) is 9.47 Å². The highest BCUT2D eigenvalue weighted by atomic mass is 32.2. The van der Waals surface area contributed by atoms with E-state index in [1.54, 1.807) is 0 Å². The third kappa shape index (κ3) is 5.55. The predicted molar refractivity (Wildman–Crippen MR) is 116 cm³/mol. The van der Waals surface area contributed by atoms with Crippen molar-refractivity contribution in [2.75, 3.05) is 19.8 Å². The van der Waals surface area contributed by atoms with Crippen molar-refractivity contribution in [3.8, 4) is 0 Å². The number of rotatable bonds is 8. The van der Waals surface area contributed by atoms with Gasteiger partial charge in [-0.1, -0.05) is 27.7 Å². The fourth-order valence-electron chi connectivity index (χ4n) is 3.81. The third-order valence-corrected chi connectivity index (χ3v) is 7.62. The highest BCUT2D eigenvalue weighted by molar-refractivity contribution is 7.81. The second kappa shape index (κ2) is 9.68. The van der Waals surface area contributed by atoms with Crippen LogP contribution in [0.5, 0.6) is 0 Å². The molecule has 0 aromatic rings. The number of hydrogen-bond donors (Lipinski definition) is 2. The average molecular weight is 413 g/mol. The van der Waals surface area contributed by atoms with Gasteiger partial charge in [0.15, 0.2) is 10.6 Å². The maximum Gasteiger partial charge on any atom is 0.282 e. The minimum atomic E-state index is -0.500. The first kappa shape index (κ1) is 23.3. The molecule has 1 amide bonds. The van der Waals surface area contributed by atoms with E-state index < -0.39 is 16.3 Å². The van der Waals surface area contributed by atoms with Crippen LogP contribution in [0.4, 0.5) is 0 Å². The van der Waals surface area contributed by atoms with Gasteiger partial charge in [-0.2, -0.15) is 0 Å². The molecule has 2 aliphatic rings. The van der Waals surface area contributed by atoms with Crippen LogP contribution in [0.3, 0.4) is 0 Å². The van der Waals surface area contributed by atoms with E-state index in [1.807, 2.05) is 26.8 Å². The number of nitrogens with one attached hydrogen (secondary N) is 1. The van der Waals surface area contributed by atoms with Crippen molar-refractivity contribution in [3.05, 3.63) is 23.1 Å². The van der Waals surface area contributed by atoms with E-state index in [9.17, 15) is 9.90 Å². The Kier molecular flexibility index (Phi) is 8.06. The van der Waals surface area contributed by atoms with Gasteiger partial charge in [0, 0.05) is 24.3 Å². The van der Waals surface area contributed by atoms with E-state index >= 15 is 0 Å². The summed E-state index contributed by atoms with van der Waals surface area (Å²) in [5, 5.41) is 14.0. The average Bonchev–Trinajstić information content (AvgIpc) is 2.67. The Bertz CT molecular complexity index is 618. The monoisotopic (exact) mass is 412 g/mol. The van der Waals surface area contributed by atoms with Crippen LogP contribution in [0.2, 0.25) is 0 Å². The van der Waals surface area contributed by atoms with Gasteiger partial charge >= 0.3 is 0 Å². The van der Waals surface area contributed by atoms with Crippen molar-refractivity contribution >= 4 is 17.7 Å². The van der Waals surface area contributed by atoms with Crippen LogP contribution >= 0.6 is 0 Å². The molecule has 0 saturated carbocycles. The molecule has 1 saturated heterocycles. The molecule has 6 heteroatoms. The number of allylic oxidation sites excluding steroid dienone is 1. The second-order valence-electron chi connectivity index (χ2n) is 8.80. The summed E-state index contributed by atoms with van der Waals surface area (Å²) in [6.45, 7) is 14.2. The van der Waals surface area contributed by atoms with Crippen LogP contribution in [-0.4, -0.2) is 46.9 Å². The van der Waals surface area contributed by atoms with Crippen LogP contribution in [0.1, 0.15) is 67.2 Å². The summed E-state index contributed by atoms with van der Waals surface area (Å²) < 4.78 is 10.8. The van der Waals surface area contributed by atoms with Crippen molar-refractivity contribution in [3.63, 3.8) is 0 Å². The maximum absolute atomic E-state index is 13.0. The Balaban J connectivity index is 2.13. The zero-order chi connectivity index (χ0) is 20.9. The number of carbonyl (C=O) groups is 1. The van der Waals surface area contributed by atoms with Gasteiger partial charge in [-0.25, -0.2) is 0 Å². The molecule has 0 bridgehead atoms. The highest BCUT2D eigenvalue weighted by Gasteiger charge is 2.41. The zero-order valence-corrected chi connectivity index (χ0v) is 19.2. The van der Waals surface area contributed by atoms with Gasteiger partial charge in [0.25, 0.3) is 5.91 Å². The number of aliphatic hydroxyl groups is 1. The van der Waals surface area contributed by atoms with Gasteiger partial charge in [-0.3, -0.25) is 10.1 Å². The lowest BCUT2D eigenvalue weighted by atomic mass is 9.75. The molecule has 2 heterocycles. The first-order valence-electron chi connectivity index (χ1n) is 10.5. The fourth-order valence-corrected chi connectivity index (χ4v) is 5.36. The van der Waals surface area contributed by atoms with Crippen molar-refractivity contribution in [2.45, 2.75) is 83.3 Å². The van der Waals surface area contributed by atoms with E-state index in [-0.39, 0.29) is 5.91 Å². The van der Waals surface area contributed by atoms with Gasteiger partial charge in [-0.15, -0.1) is 0 Å². The molecule has 0 aromatic carbocycles. The summed E-state index contributed by atoms with van der Waals surface area (Å²) in [6, 6.07) is 0. The summed E-state index contributed by atoms with van der Waals surface area (Å²) in [6.07, 6.45) is 5.03. The van der Waals surface area contributed by atoms with Crippen LogP contribution in [-0.2, 0) is 26.0 Å². The Hall–Kier alpha value is -0.980. The van der Waals surface area contributed by atoms with E-state index in [2.05, 4.69) is 26.1 Å². The maximum atomic E-state index is 13.0. The van der Waals surface area contributed by atoms with Crippen molar-refractivity contribution in [1.82, 2.24) is 5.32 Å². The summed E-state index contributed by atoms with van der Waals surface area (Å²) in [5.74, 6) is 0.462. The molecule has 0 spiro atoms. The van der Waals surface area contributed by atoms with E-state index in [1.165, 1.54) is 5.57 Å². The topological polar surface area (TPSA) is 67.8 Å². The molecular weight excluding hydrogens is 374 g/mol. The first-order chi connectivity index (χ1) is 13.1. The number of amides is 1. The Labute approximate surface area is 174 Å². The summed E-state index contributed by atoms with van der Waals surface area (Å²) >= 11 is 1.13. The minimum Gasteiger partial charge on any atom is -0.474 e. The molecule has 160 valence electrons. The smallest absolute Gasteiger partial charge is 0.282 e. The lowest BCUT2D eigenvalue weighted by Crippen LogP contribution is -2.47. The van der Waals surface area contributed by atoms with Gasteiger partial charge < -0.3 is 14.6 Å². The molecule has 2 aliphatic heterocycles. The predicted octanol–water partition coefficient (Wildman–Crippen LogP) is 3.25. The molecule has 1 atom stereocenters. The molecule has 0 radical (unpaired) electrons.